The maximum atomic E-state index is 11.9. The molecule has 0 saturated carbocycles. The summed E-state index contributed by atoms with van der Waals surface area (Å²) in [5, 5.41) is 0. The highest BCUT2D eigenvalue weighted by Gasteiger charge is 2.11. The van der Waals surface area contributed by atoms with Crippen LogP contribution in [0.15, 0.2) is 52.6 Å². The summed E-state index contributed by atoms with van der Waals surface area (Å²) in [4.78, 5) is 11.9. The van der Waals surface area contributed by atoms with Crippen LogP contribution in [0.4, 0.5) is 0 Å². The van der Waals surface area contributed by atoms with Crippen LogP contribution in [-0.2, 0) is 4.74 Å². The summed E-state index contributed by atoms with van der Waals surface area (Å²) in [6.45, 7) is 2.08. The Morgan fingerprint density at radius 1 is 1.33 bits per heavy atom. The summed E-state index contributed by atoms with van der Waals surface area (Å²) in [6.07, 6.45) is 7.52. The molecular weight excluding hydrogens is 339 g/mol. The van der Waals surface area contributed by atoms with E-state index in [1.165, 1.54) is 0 Å². The Morgan fingerprint density at radius 2 is 2.06 bits per heavy atom. The highest BCUT2D eigenvalue weighted by molar-refractivity contribution is 14.1. The van der Waals surface area contributed by atoms with Gasteiger partial charge in [-0.15, -0.1) is 0 Å². The van der Waals surface area contributed by atoms with Crippen LogP contribution in [0.1, 0.15) is 30.1 Å². The van der Waals surface area contributed by atoms with Gasteiger partial charge in [0.15, 0.2) is 0 Å². The third kappa shape index (κ3) is 5.49. The first-order valence-electron chi connectivity index (χ1n) is 5.95. The lowest BCUT2D eigenvalue weighted by atomic mass is 10.2. The molecule has 0 aliphatic heterocycles. The predicted octanol–water partition coefficient (Wildman–Crippen LogP) is 4.52. The van der Waals surface area contributed by atoms with Crippen LogP contribution < -0.4 is 0 Å². The number of carbonyl (C=O) groups excluding carboxylic acids is 1. The fourth-order valence-corrected chi connectivity index (χ4v) is 1.89. The van der Waals surface area contributed by atoms with E-state index in [1.807, 2.05) is 34.4 Å². The molecule has 1 aromatic rings. The molecule has 0 aromatic heterocycles. The second-order valence-electron chi connectivity index (χ2n) is 3.74. The highest BCUT2D eigenvalue weighted by Crippen LogP contribution is 2.09. The minimum absolute atomic E-state index is 0.197. The van der Waals surface area contributed by atoms with Gasteiger partial charge in [-0.2, -0.15) is 0 Å². The molecule has 1 aromatic carbocycles. The Morgan fingerprint density at radius 3 is 2.67 bits per heavy atom. The third-order valence-corrected chi connectivity index (χ3v) is 2.74. The Labute approximate surface area is 122 Å². The summed E-state index contributed by atoms with van der Waals surface area (Å²) >= 11 is 2.13. The zero-order chi connectivity index (χ0) is 13.2. The molecule has 0 saturated heterocycles. The lowest BCUT2D eigenvalue weighted by molar-refractivity contribution is 0.0400. The number of hydrogen-bond acceptors (Lipinski definition) is 2. The van der Waals surface area contributed by atoms with Crippen molar-refractivity contribution in [1.82, 2.24) is 0 Å². The van der Waals surface area contributed by atoms with E-state index in [9.17, 15) is 4.79 Å². The van der Waals surface area contributed by atoms with Crippen LogP contribution in [0.2, 0.25) is 0 Å². The van der Waals surface area contributed by atoms with Crippen LogP contribution in [-0.4, -0.2) is 12.1 Å². The minimum Gasteiger partial charge on any atom is -0.454 e. The first-order valence-corrected chi connectivity index (χ1v) is 7.20. The molecule has 0 amide bonds. The zero-order valence-electron chi connectivity index (χ0n) is 10.4. The van der Waals surface area contributed by atoms with Crippen molar-refractivity contribution in [2.24, 2.45) is 0 Å². The van der Waals surface area contributed by atoms with Gasteiger partial charge in [0.25, 0.3) is 0 Å². The molecule has 1 atom stereocenters. The standard InChI is InChI=1S/C15H17IO2/c1-2-3-5-10-14(11-12-16)18-15(17)13-8-6-4-7-9-13/h3-9,11-12,14H,2,10H2,1H3/b5-3-,12-11+. The summed E-state index contributed by atoms with van der Waals surface area (Å²) in [5.41, 5.74) is 0.587. The normalized spacial score (nSPS) is 13.0. The summed E-state index contributed by atoms with van der Waals surface area (Å²) < 4.78 is 7.32. The largest absolute Gasteiger partial charge is 0.454 e. The van der Waals surface area contributed by atoms with E-state index in [4.69, 9.17) is 4.74 Å². The topological polar surface area (TPSA) is 26.3 Å². The van der Waals surface area contributed by atoms with Crippen LogP contribution in [0.3, 0.4) is 0 Å². The molecule has 0 fully saturated rings. The number of carbonyl (C=O) groups is 1. The van der Waals surface area contributed by atoms with Crippen LogP contribution in [0.25, 0.3) is 0 Å². The molecule has 0 spiro atoms. The van der Waals surface area contributed by atoms with Gasteiger partial charge in [0.2, 0.25) is 0 Å². The number of hydrogen-bond donors (Lipinski definition) is 0. The number of esters is 1. The van der Waals surface area contributed by atoms with Crippen molar-refractivity contribution in [3.05, 3.63) is 58.2 Å². The Bertz CT molecular complexity index is 410. The summed E-state index contributed by atoms with van der Waals surface area (Å²) in [6, 6.07) is 9.06. The molecule has 18 heavy (non-hydrogen) atoms. The van der Waals surface area contributed by atoms with E-state index in [0.29, 0.717) is 12.0 Å². The average Bonchev–Trinajstić information content (AvgIpc) is 2.40. The molecule has 96 valence electrons. The Balaban J connectivity index is 2.60. The van der Waals surface area contributed by atoms with Gasteiger partial charge >= 0.3 is 5.97 Å². The van der Waals surface area contributed by atoms with Gasteiger partial charge in [-0.3, -0.25) is 0 Å². The molecule has 0 aliphatic rings. The minimum atomic E-state index is -0.278. The fourth-order valence-electron chi connectivity index (χ4n) is 1.42. The molecule has 0 heterocycles. The van der Waals surface area contributed by atoms with Crippen LogP contribution in [0.5, 0.6) is 0 Å². The van der Waals surface area contributed by atoms with Gasteiger partial charge < -0.3 is 4.74 Å². The SMILES string of the molecule is CC/C=C\CC(/C=C/I)OC(=O)c1ccccc1. The summed E-state index contributed by atoms with van der Waals surface area (Å²) in [7, 11) is 0. The van der Waals surface area contributed by atoms with Crippen molar-refractivity contribution in [2.75, 3.05) is 0 Å². The molecule has 0 aliphatic carbocycles. The van der Waals surface area contributed by atoms with E-state index in [2.05, 4.69) is 35.6 Å². The zero-order valence-corrected chi connectivity index (χ0v) is 12.5. The Hall–Kier alpha value is -1.10. The molecule has 2 nitrogen and oxygen atoms in total. The van der Waals surface area contributed by atoms with Gasteiger partial charge in [0.1, 0.15) is 6.10 Å². The summed E-state index contributed by atoms with van der Waals surface area (Å²) in [5.74, 6) is -0.278. The molecule has 0 N–H and O–H groups in total. The fraction of sp³-hybridized carbons (Fsp3) is 0.267. The third-order valence-electron chi connectivity index (χ3n) is 2.33. The molecule has 0 radical (unpaired) electrons. The lowest BCUT2D eigenvalue weighted by Gasteiger charge is -2.12. The Kier molecular flexibility index (Phi) is 7.41. The molecular formula is C15H17IO2. The lowest BCUT2D eigenvalue weighted by Crippen LogP contribution is -2.15. The van der Waals surface area contributed by atoms with Gasteiger partial charge in [-0.1, -0.05) is 59.9 Å². The van der Waals surface area contributed by atoms with Gasteiger partial charge in [-0.05, 0) is 28.7 Å². The van der Waals surface area contributed by atoms with Crippen molar-refractivity contribution in [3.63, 3.8) is 0 Å². The number of ether oxygens (including phenoxy) is 1. The van der Waals surface area contributed by atoms with E-state index in [-0.39, 0.29) is 12.1 Å². The number of allylic oxidation sites excluding steroid dienone is 1. The number of halogens is 1. The average molecular weight is 356 g/mol. The van der Waals surface area contributed by atoms with Gasteiger partial charge in [0.05, 0.1) is 5.56 Å². The van der Waals surface area contributed by atoms with Crippen LogP contribution >= 0.6 is 22.6 Å². The van der Waals surface area contributed by atoms with Gasteiger partial charge in [-0.25, -0.2) is 4.79 Å². The molecule has 1 rings (SSSR count). The van der Waals surface area contributed by atoms with Crippen molar-refractivity contribution in [1.29, 1.82) is 0 Å². The van der Waals surface area contributed by atoms with E-state index < -0.39 is 0 Å². The maximum Gasteiger partial charge on any atom is 0.338 e. The van der Waals surface area contributed by atoms with Gasteiger partial charge in [0, 0.05) is 6.42 Å². The van der Waals surface area contributed by atoms with Crippen LogP contribution in [0, 0.1) is 0 Å². The smallest absolute Gasteiger partial charge is 0.338 e. The van der Waals surface area contributed by atoms with Crippen molar-refractivity contribution in [2.45, 2.75) is 25.9 Å². The second kappa shape index (κ2) is 8.91. The highest BCUT2D eigenvalue weighted by atomic mass is 127. The number of rotatable bonds is 6. The number of benzene rings is 1. The maximum absolute atomic E-state index is 11.9. The molecule has 1 unspecified atom stereocenters. The molecule has 3 heteroatoms. The van der Waals surface area contributed by atoms with Crippen molar-refractivity contribution >= 4 is 28.6 Å². The second-order valence-corrected chi connectivity index (χ2v) is 4.46. The quantitative estimate of drug-likeness (QED) is 0.426. The van der Waals surface area contributed by atoms with E-state index in [1.54, 1.807) is 12.1 Å². The van der Waals surface area contributed by atoms with E-state index in [0.717, 1.165) is 6.42 Å². The van der Waals surface area contributed by atoms with Crippen molar-refractivity contribution in [3.8, 4) is 0 Å². The monoisotopic (exact) mass is 356 g/mol. The van der Waals surface area contributed by atoms with Crippen molar-refractivity contribution < 1.29 is 9.53 Å². The predicted molar refractivity (Wildman–Crippen MR) is 82.9 cm³/mol. The first kappa shape index (κ1) is 15.0. The van der Waals surface area contributed by atoms with E-state index >= 15 is 0 Å². The first-order chi connectivity index (χ1) is 8.77. The molecule has 0 bridgehead atoms.